The molecule has 0 aromatic carbocycles. The van der Waals surface area contributed by atoms with Gasteiger partial charge >= 0.3 is 0 Å². The van der Waals surface area contributed by atoms with Crippen LogP contribution in [0.5, 0.6) is 0 Å². The molecule has 1 atom stereocenters. The SMILES string of the molecule is CC(NC1C(C)(C)C1(C)C)C(=O)N(C)C. The predicted octanol–water partition coefficient (Wildman–Crippen LogP) is 1.49. The Hall–Kier alpha value is -0.570. The van der Waals surface area contributed by atoms with Crippen molar-refractivity contribution in [2.24, 2.45) is 10.8 Å². The molecular formula is C12H24N2O. The average molecular weight is 212 g/mol. The summed E-state index contributed by atoms with van der Waals surface area (Å²) < 4.78 is 0. The van der Waals surface area contributed by atoms with Crippen molar-refractivity contribution in [3.05, 3.63) is 0 Å². The molecule has 0 aromatic heterocycles. The third-order valence-electron chi connectivity index (χ3n) is 4.25. The van der Waals surface area contributed by atoms with Crippen LogP contribution in [0.4, 0.5) is 0 Å². The molecule has 0 saturated heterocycles. The molecule has 3 heteroatoms. The summed E-state index contributed by atoms with van der Waals surface area (Å²) in [7, 11) is 3.59. The lowest BCUT2D eigenvalue weighted by molar-refractivity contribution is -0.130. The fraction of sp³-hybridized carbons (Fsp3) is 0.917. The highest BCUT2D eigenvalue weighted by Crippen LogP contribution is 2.62. The first-order valence-corrected chi connectivity index (χ1v) is 5.59. The number of hydrogen-bond donors (Lipinski definition) is 1. The van der Waals surface area contributed by atoms with E-state index in [1.165, 1.54) is 0 Å². The van der Waals surface area contributed by atoms with Gasteiger partial charge in [-0.15, -0.1) is 0 Å². The molecule has 1 unspecified atom stereocenters. The van der Waals surface area contributed by atoms with Gasteiger partial charge in [0.25, 0.3) is 0 Å². The second-order valence-corrected chi connectivity index (χ2v) is 6.00. The van der Waals surface area contributed by atoms with Crippen LogP contribution in [-0.4, -0.2) is 37.0 Å². The Morgan fingerprint density at radius 3 is 1.87 bits per heavy atom. The average Bonchev–Trinajstić information content (AvgIpc) is 2.46. The summed E-state index contributed by atoms with van der Waals surface area (Å²) in [5.74, 6) is 0.147. The van der Waals surface area contributed by atoms with Crippen molar-refractivity contribution in [2.75, 3.05) is 14.1 Å². The molecule has 0 aliphatic heterocycles. The number of hydrogen-bond acceptors (Lipinski definition) is 2. The fourth-order valence-corrected chi connectivity index (χ4v) is 2.32. The molecule has 0 heterocycles. The highest BCUT2D eigenvalue weighted by atomic mass is 16.2. The van der Waals surface area contributed by atoms with Gasteiger partial charge in [-0.1, -0.05) is 27.7 Å². The highest BCUT2D eigenvalue weighted by Gasteiger charge is 2.65. The van der Waals surface area contributed by atoms with Crippen LogP contribution in [-0.2, 0) is 4.79 Å². The summed E-state index contributed by atoms with van der Waals surface area (Å²) in [5.41, 5.74) is 0.571. The lowest BCUT2D eigenvalue weighted by Gasteiger charge is -2.19. The Morgan fingerprint density at radius 2 is 1.60 bits per heavy atom. The van der Waals surface area contributed by atoms with Gasteiger partial charge in [-0.25, -0.2) is 0 Å². The largest absolute Gasteiger partial charge is 0.347 e. The maximum atomic E-state index is 11.7. The number of likely N-dealkylation sites (N-methyl/N-ethyl adjacent to an activating group) is 1. The predicted molar refractivity (Wildman–Crippen MR) is 62.6 cm³/mol. The molecule has 88 valence electrons. The Balaban J connectivity index is 2.56. The van der Waals surface area contributed by atoms with E-state index in [4.69, 9.17) is 0 Å². The lowest BCUT2D eigenvalue weighted by atomic mass is 10.0. The number of carbonyl (C=O) groups is 1. The van der Waals surface area contributed by atoms with Gasteiger partial charge in [-0.3, -0.25) is 4.79 Å². The van der Waals surface area contributed by atoms with E-state index in [2.05, 4.69) is 33.0 Å². The Kier molecular flexibility index (Phi) is 2.90. The number of rotatable bonds is 3. The van der Waals surface area contributed by atoms with E-state index in [-0.39, 0.29) is 22.8 Å². The topological polar surface area (TPSA) is 32.3 Å². The first-order chi connectivity index (χ1) is 6.62. The van der Waals surface area contributed by atoms with Crippen LogP contribution in [0.15, 0.2) is 0 Å². The summed E-state index contributed by atoms with van der Waals surface area (Å²) in [6, 6.07) is 0.343. The molecule has 1 aliphatic carbocycles. The monoisotopic (exact) mass is 212 g/mol. The van der Waals surface area contributed by atoms with Gasteiger partial charge in [-0.2, -0.15) is 0 Å². The number of nitrogens with zero attached hydrogens (tertiary/aromatic N) is 1. The second-order valence-electron chi connectivity index (χ2n) is 6.00. The van der Waals surface area contributed by atoms with Crippen molar-refractivity contribution < 1.29 is 4.79 Å². The molecule has 15 heavy (non-hydrogen) atoms. The molecule has 1 fully saturated rings. The van der Waals surface area contributed by atoms with Crippen LogP contribution in [0.3, 0.4) is 0 Å². The molecule has 1 saturated carbocycles. The summed E-state index contributed by atoms with van der Waals surface area (Å²) >= 11 is 0. The first-order valence-electron chi connectivity index (χ1n) is 5.59. The maximum absolute atomic E-state index is 11.7. The quantitative estimate of drug-likeness (QED) is 0.768. The van der Waals surface area contributed by atoms with Gasteiger partial charge in [0.15, 0.2) is 0 Å². The second kappa shape index (κ2) is 3.48. The van der Waals surface area contributed by atoms with Gasteiger partial charge in [0.1, 0.15) is 0 Å². The zero-order valence-electron chi connectivity index (χ0n) is 11.0. The molecule has 1 amide bonds. The van der Waals surface area contributed by atoms with Crippen molar-refractivity contribution in [2.45, 2.75) is 46.7 Å². The van der Waals surface area contributed by atoms with Crippen molar-refractivity contribution in [3.63, 3.8) is 0 Å². The van der Waals surface area contributed by atoms with E-state index in [0.29, 0.717) is 6.04 Å². The van der Waals surface area contributed by atoms with Crippen LogP contribution >= 0.6 is 0 Å². The van der Waals surface area contributed by atoms with E-state index in [0.717, 1.165) is 0 Å². The molecule has 1 aliphatic rings. The third kappa shape index (κ3) is 1.89. The van der Waals surface area contributed by atoms with E-state index in [1.54, 1.807) is 19.0 Å². The van der Waals surface area contributed by atoms with E-state index in [9.17, 15) is 4.79 Å². The smallest absolute Gasteiger partial charge is 0.238 e. The minimum absolute atomic E-state index is 0.0916. The van der Waals surface area contributed by atoms with Gasteiger partial charge in [-0.05, 0) is 17.8 Å². The molecule has 0 bridgehead atoms. The van der Waals surface area contributed by atoms with Gasteiger partial charge in [0.2, 0.25) is 5.91 Å². The van der Waals surface area contributed by atoms with E-state index in [1.807, 2.05) is 6.92 Å². The maximum Gasteiger partial charge on any atom is 0.238 e. The summed E-state index contributed by atoms with van der Waals surface area (Å²) in [4.78, 5) is 13.3. The minimum Gasteiger partial charge on any atom is -0.347 e. The Bertz CT molecular complexity index is 255. The normalized spacial score (nSPS) is 24.7. The van der Waals surface area contributed by atoms with E-state index < -0.39 is 0 Å². The molecular weight excluding hydrogens is 188 g/mol. The fourth-order valence-electron chi connectivity index (χ4n) is 2.32. The molecule has 0 radical (unpaired) electrons. The third-order valence-corrected chi connectivity index (χ3v) is 4.25. The molecule has 1 N–H and O–H groups in total. The van der Waals surface area contributed by atoms with Gasteiger partial charge in [0, 0.05) is 20.1 Å². The Labute approximate surface area is 93.2 Å². The van der Waals surface area contributed by atoms with Crippen LogP contribution in [0.1, 0.15) is 34.6 Å². The number of amides is 1. The van der Waals surface area contributed by atoms with Gasteiger partial charge in [0.05, 0.1) is 6.04 Å². The molecule has 1 rings (SSSR count). The van der Waals surface area contributed by atoms with Crippen molar-refractivity contribution in [1.82, 2.24) is 10.2 Å². The molecule has 0 spiro atoms. The van der Waals surface area contributed by atoms with Crippen LogP contribution < -0.4 is 5.32 Å². The number of carbonyl (C=O) groups excluding carboxylic acids is 1. The lowest BCUT2D eigenvalue weighted by Crippen LogP contribution is -2.44. The van der Waals surface area contributed by atoms with Crippen LogP contribution in [0.2, 0.25) is 0 Å². The molecule has 0 aromatic rings. The Morgan fingerprint density at radius 1 is 1.20 bits per heavy atom. The number of nitrogens with one attached hydrogen (secondary N) is 1. The van der Waals surface area contributed by atoms with Crippen molar-refractivity contribution in [1.29, 1.82) is 0 Å². The highest BCUT2D eigenvalue weighted by molar-refractivity contribution is 5.81. The molecule has 3 nitrogen and oxygen atoms in total. The zero-order valence-corrected chi connectivity index (χ0v) is 11.0. The van der Waals surface area contributed by atoms with Crippen LogP contribution in [0, 0.1) is 10.8 Å². The van der Waals surface area contributed by atoms with Crippen molar-refractivity contribution >= 4 is 5.91 Å². The standard InChI is InChI=1S/C12H24N2O/c1-8(9(15)14(6)7)13-10-11(2,3)12(10,4)5/h8,10,13H,1-7H3. The minimum atomic E-state index is -0.0916. The van der Waals surface area contributed by atoms with E-state index >= 15 is 0 Å². The van der Waals surface area contributed by atoms with Crippen molar-refractivity contribution in [3.8, 4) is 0 Å². The van der Waals surface area contributed by atoms with Crippen LogP contribution in [0.25, 0.3) is 0 Å². The summed E-state index contributed by atoms with van der Waals surface area (Å²) in [5, 5.41) is 3.42. The summed E-state index contributed by atoms with van der Waals surface area (Å²) in [6.07, 6.45) is 0. The first kappa shape index (κ1) is 12.5. The zero-order chi connectivity index (χ0) is 12.0. The van der Waals surface area contributed by atoms with Gasteiger partial charge < -0.3 is 10.2 Å². The summed E-state index contributed by atoms with van der Waals surface area (Å²) in [6.45, 7) is 10.9.